The SMILES string of the molecule is COc1ccc(-c2nc3ccccc3s2)cc1NC(=O)c1ccc(-c2ccc(Cl)cc2)o1. The van der Waals surface area contributed by atoms with Crippen molar-refractivity contribution in [1.82, 2.24) is 4.98 Å². The molecule has 2 aromatic heterocycles. The number of nitrogens with one attached hydrogen (secondary N) is 1. The molecule has 0 unspecified atom stereocenters. The third kappa shape index (κ3) is 3.98. The highest BCUT2D eigenvalue weighted by Crippen LogP contribution is 2.35. The second-order valence-corrected chi connectivity index (χ2v) is 8.49. The predicted octanol–water partition coefficient (Wildman–Crippen LogP) is 7.14. The van der Waals surface area contributed by atoms with Gasteiger partial charge < -0.3 is 14.5 Å². The van der Waals surface area contributed by atoms with E-state index >= 15 is 0 Å². The monoisotopic (exact) mass is 460 g/mol. The van der Waals surface area contributed by atoms with E-state index in [2.05, 4.69) is 5.32 Å². The van der Waals surface area contributed by atoms with Crippen molar-refractivity contribution in [3.63, 3.8) is 0 Å². The number of nitrogens with zero attached hydrogens (tertiary/aromatic N) is 1. The molecule has 0 spiro atoms. The number of methoxy groups -OCH3 is 1. The molecule has 0 atom stereocenters. The number of furan rings is 1. The van der Waals surface area contributed by atoms with Crippen molar-refractivity contribution < 1.29 is 13.9 Å². The number of ether oxygens (including phenoxy) is 1. The van der Waals surface area contributed by atoms with Gasteiger partial charge in [-0.05, 0) is 66.7 Å². The van der Waals surface area contributed by atoms with Gasteiger partial charge in [0, 0.05) is 16.1 Å². The van der Waals surface area contributed by atoms with Gasteiger partial charge in [0.05, 0.1) is 23.0 Å². The fourth-order valence-electron chi connectivity index (χ4n) is 3.35. The van der Waals surface area contributed by atoms with Crippen molar-refractivity contribution in [2.24, 2.45) is 0 Å². The highest BCUT2D eigenvalue weighted by atomic mass is 35.5. The minimum absolute atomic E-state index is 0.197. The molecule has 1 amide bonds. The summed E-state index contributed by atoms with van der Waals surface area (Å²) in [6.45, 7) is 0. The Morgan fingerprint density at radius 1 is 1.00 bits per heavy atom. The molecule has 32 heavy (non-hydrogen) atoms. The third-order valence-corrected chi connectivity index (χ3v) is 6.28. The number of carbonyl (C=O) groups excluding carboxylic acids is 1. The molecule has 158 valence electrons. The second kappa shape index (κ2) is 8.49. The summed E-state index contributed by atoms with van der Waals surface area (Å²) in [6, 6.07) is 24.2. The second-order valence-electron chi connectivity index (χ2n) is 7.03. The topological polar surface area (TPSA) is 64.4 Å². The zero-order chi connectivity index (χ0) is 22.1. The third-order valence-electron chi connectivity index (χ3n) is 4.95. The maximum Gasteiger partial charge on any atom is 0.291 e. The van der Waals surface area contributed by atoms with Crippen LogP contribution in [0.3, 0.4) is 0 Å². The first kappa shape index (κ1) is 20.3. The van der Waals surface area contributed by atoms with Crippen LogP contribution in [-0.2, 0) is 0 Å². The molecule has 0 aliphatic heterocycles. The molecular formula is C25H17ClN2O3S. The number of hydrogen-bond donors (Lipinski definition) is 1. The Balaban J connectivity index is 1.42. The number of anilines is 1. The van der Waals surface area contributed by atoms with E-state index in [1.54, 1.807) is 42.7 Å². The van der Waals surface area contributed by atoms with Crippen molar-refractivity contribution in [2.75, 3.05) is 12.4 Å². The Morgan fingerprint density at radius 3 is 2.56 bits per heavy atom. The first-order valence-corrected chi connectivity index (χ1v) is 11.0. The Kier molecular flexibility index (Phi) is 5.39. The van der Waals surface area contributed by atoms with Crippen LogP contribution in [0.4, 0.5) is 5.69 Å². The summed E-state index contributed by atoms with van der Waals surface area (Å²) in [5, 5.41) is 4.40. The van der Waals surface area contributed by atoms with Crippen LogP contribution in [0.15, 0.2) is 83.3 Å². The van der Waals surface area contributed by atoms with E-state index in [1.165, 1.54) is 0 Å². The fourth-order valence-corrected chi connectivity index (χ4v) is 4.44. The maximum absolute atomic E-state index is 12.9. The average Bonchev–Trinajstić information content (AvgIpc) is 3.47. The zero-order valence-electron chi connectivity index (χ0n) is 17.0. The number of hydrogen-bond acceptors (Lipinski definition) is 5. The minimum atomic E-state index is -0.370. The minimum Gasteiger partial charge on any atom is -0.495 e. The molecule has 0 saturated carbocycles. The molecule has 5 nitrogen and oxygen atoms in total. The van der Waals surface area contributed by atoms with Crippen molar-refractivity contribution in [2.45, 2.75) is 0 Å². The van der Waals surface area contributed by atoms with Crippen molar-refractivity contribution in [3.05, 3.63) is 89.6 Å². The molecule has 0 radical (unpaired) electrons. The molecule has 1 N–H and O–H groups in total. The number of rotatable bonds is 5. The molecule has 5 aromatic rings. The van der Waals surface area contributed by atoms with Gasteiger partial charge in [-0.15, -0.1) is 11.3 Å². The van der Waals surface area contributed by atoms with E-state index in [1.807, 2.05) is 54.6 Å². The lowest BCUT2D eigenvalue weighted by molar-refractivity contribution is 0.0997. The van der Waals surface area contributed by atoms with Gasteiger partial charge in [-0.2, -0.15) is 0 Å². The van der Waals surface area contributed by atoms with E-state index in [9.17, 15) is 4.79 Å². The van der Waals surface area contributed by atoms with Crippen LogP contribution in [0.5, 0.6) is 5.75 Å². The first-order chi connectivity index (χ1) is 15.6. The highest BCUT2D eigenvalue weighted by Gasteiger charge is 2.16. The van der Waals surface area contributed by atoms with Gasteiger partial charge in [0.2, 0.25) is 0 Å². The molecule has 0 aliphatic carbocycles. The Bertz CT molecular complexity index is 1390. The number of benzene rings is 3. The lowest BCUT2D eigenvalue weighted by Crippen LogP contribution is -2.11. The van der Waals surface area contributed by atoms with Crippen LogP contribution in [0.25, 0.3) is 32.1 Å². The number of halogens is 1. The number of amides is 1. The van der Waals surface area contributed by atoms with Crippen LogP contribution in [0, 0.1) is 0 Å². The van der Waals surface area contributed by atoms with E-state index in [0.29, 0.717) is 22.2 Å². The molecule has 0 saturated heterocycles. The van der Waals surface area contributed by atoms with Crippen LogP contribution in [0.2, 0.25) is 5.02 Å². The summed E-state index contributed by atoms with van der Waals surface area (Å²) in [5.74, 6) is 0.960. The summed E-state index contributed by atoms with van der Waals surface area (Å²) in [4.78, 5) is 17.6. The summed E-state index contributed by atoms with van der Waals surface area (Å²) < 4.78 is 12.3. The fraction of sp³-hybridized carbons (Fsp3) is 0.0400. The van der Waals surface area contributed by atoms with Gasteiger partial charge in [0.15, 0.2) is 5.76 Å². The predicted molar refractivity (Wildman–Crippen MR) is 129 cm³/mol. The molecule has 0 fully saturated rings. The highest BCUT2D eigenvalue weighted by molar-refractivity contribution is 7.21. The number of thiazole rings is 1. The van der Waals surface area contributed by atoms with Gasteiger partial charge in [-0.1, -0.05) is 23.7 Å². The summed E-state index contributed by atoms with van der Waals surface area (Å²) in [7, 11) is 1.56. The van der Waals surface area contributed by atoms with Crippen LogP contribution in [-0.4, -0.2) is 18.0 Å². The quantitative estimate of drug-likeness (QED) is 0.303. The number of fused-ring (bicyclic) bond motifs is 1. The molecule has 2 heterocycles. The van der Waals surface area contributed by atoms with Crippen molar-refractivity contribution in [1.29, 1.82) is 0 Å². The van der Waals surface area contributed by atoms with Gasteiger partial charge in [-0.3, -0.25) is 4.79 Å². The van der Waals surface area contributed by atoms with Crippen LogP contribution >= 0.6 is 22.9 Å². The Morgan fingerprint density at radius 2 is 1.78 bits per heavy atom. The largest absolute Gasteiger partial charge is 0.495 e. The smallest absolute Gasteiger partial charge is 0.291 e. The summed E-state index contributed by atoms with van der Waals surface area (Å²) in [6.07, 6.45) is 0. The molecule has 0 aliphatic rings. The molecule has 5 rings (SSSR count). The molecular weight excluding hydrogens is 444 g/mol. The number of para-hydroxylation sites is 1. The van der Waals surface area contributed by atoms with E-state index in [4.69, 9.17) is 25.7 Å². The van der Waals surface area contributed by atoms with E-state index < -0.39 is 0 Å². The van der Waals surface area contributed by atoms with E-state index in [-0.39, 0.29) is 11.7 Å². The van der Waals surface area contributed by atoms with Gasteiger partial charge >= 0.3 is 0 Å². The van der Waals surface area contributed by atoms with Crippen molar-refractivity contribution in [3.8, 4) is 27.6 Å². The molecule has 0 bridgehead atoms. The zero-order valence-corrected chi connectivity index (χ0v) is 18.5. The molecule has 3 aromatic carbocycles. The standard InChI is InChI=1S/C25H17ClN2O3S/c1-30-21-11-8-16(25-28-18-4-2-3-5-23(18)32-25)14-19(21)27-24(29)22-13-12-20(31-22)15-6-9-17(26)10-7-15/h2-14H,1H3,(H,27,29). The van der Waals surface area contributed by atoms with Crippen molar-refractivity contribution >= 4 is 44.7 Å². The number of carbonyl (C=O) groups is 1. The van der Waals surface area contributed by atoms with Gasteiger partial charge in [0.1, 0.15) is 16.5 Å². The van der Waals surface area contributed by atoms with Crippen LogP contribution in [0.1, 0.15) is 10.6 Å². The van der Waals surface area contributed by atoms with Crippen LogP contribution < -0.4 is 10.1 Å². The lowest BCUT2D eigenvalue weighted by Gasteiger charge is -2.10. The van der Waals surface area contributed by atoms with E-state index in [0.717, 1.165) is 26.4 Å². The Labute approximate surface area is 193 Å². The normalized spacial score (nSPS) is 10.9. The van der Waals surface area contributed by atoms with Gasteiger partial charge in [0.25, 0.3) is 5.91 Å². The lowest BCUT2D eigenvalue weighted by atomic mass is 10.2. The first-order valence-electron chi connectivity index (χ1n) is 9.82. The van der Waals surface area contributed by atoms with Gasteiger partial charge in [-0.25, -0.2) is 4.98 Å². The maximum atomic E-state index is 12.9. The summed E-state index contributed by atoms with van der Waals surface area (Å²) in [5.41, 5.74) is 3.21. The number of aromatic nitrogens is 1. The summed E-state index contributed by atoms with van der Waals surface area (Å²) >= 11 is 7.54. The molecule has 7 heteroatoms. The Hall–Kier alpha value is -3.61. The average molecular weight is 461 g/mol.